The van der Waals surface area contributed by atoms with Crippen molar-refractivity contribution in [3.05, 3.63) is 0 Å². The Morgan fingerprint density at radius 3 is 2.06 bits per heavy atom. The largest absolute Gasteiger partial charge is 0.480 e. The maximum absolute atomic E-state index is 11.0. The van der Waals surface area contributed by atoms with E-state index >= 15 is 0 Å². The van der Waals surface area contributed by atoms with E-state index in [0.29, 0.717) is 6.04 Å². The van der Waals surface area contributed by atoms with E-state index in [9.17, 15) is 4.79 Å². The van der Waals surface area contributed by atoms with Crippen LogP contribution in [-0.4, -0.2) is 34.1 Å². The van der Waals surface area contributed by atoms with Crippen molar-refractivity contribution in [2.24, 2.45) is 11.8 Å². The lowest BCUT2D eigenvalue weighted by molar-refractivity contribution is -0.141. The minimum atomic E-state index is -0.712. The van der Waals surface area contributed by atoms with E-state index in [4.69, 9.17) is 5.11 Å². The summed E-state index contributed by atoms with van der Waals surface area (Å²) >= 11 is 0. The number of nitrogens with zero attached hydrogens (tertiary/aromatic N) is 1. The van der Waals surface area contributed by atoms with Crippen molar-refractivity contribution >= 4 is 5.97 Å². The van der Waals surface area contributed by atoms with Crippen LogP contribution in [0.3, 0.4) is 0 Å². The highest BCUT2D eigenvalue weighted by Gasteiger charge is 2.33. The van der Waals surface area contributed by atoms with Gasteiger partial charge >= 0.3 is 5.97 Å². The summed E-state index contributed by atoms with van der Waals surface area (Å²) in [5, 5.41) is 9.08. The molecular weight excluding hydrogens is 226 g/mol. The van der Waals surface area contributed by atoms with Crippen molar-refractivity contribution in [1.82, 2.24) is 4.90 Å². The molecule has 0 atom stereocenters. The van der Waals surface area contributed by atoms with Gasteiger partial charge in [0.25, 0.3) is 0 Å². The fraction of sp³-hybridized carbons (Fsp3) is 0.933. The molecule has 0 bridgehead atoms. The zero-order valence-corrected chi connectivity index (χ0v) is 12.6. The molecule has 1 saturated carbocycles. The predicted octanol–water partition coefficient (Wildman–Crippen LogP) is 3.39. The van der Waals surface area contributed by atoms with E-state index in [2.05, 4.69) is 39.5 Å². The molecule has 0 aromatic carbocycles. The van der Waals surface area contributed by atoms with Gasteiger partial charge in [0.05, 0.1) is 6.54 Å². The number of rotatable bonds is 4. The standard InChI is InChI=1S/C15H29NO2/c1-11(2)12-6-8-13(9-7-12)16(10-14(17)18)15(3,4)5/h11-13H,6-10H2,1-5H3,(H,17,18). The molecule has 3 nitrogen and oxygen atoms in total. The Hall–Kier alpha value is -0.570. The second kappa shape index (κ2) is 6.05. The van der Waals surface area contributed by atoms with Gasteiger partial charge in [0, 0.05) is 11.6 Å². The number of carboxylic acid groups (broad SMARTS) is 1. The lowest BCUT2D eigenvalue weighted by Gasteiger charge is -2.44. The maximum atomic E-state index is 11.0. The number of aliphatic carboxylic acids is 1. The second-order valence-corrected chi connectivity index (χ2v) is 7.01. The number of hydrogen-bond acceptors (Lipinski definition) is 2. The SMILES string of the molecule is CC(C)C1CCC(N(CC(=O)O)C(C)(C)C)CC1. The molecule has 1 N–H and O–H groups in total. The lowest BCUT2D eigenvalue weighted by atomic mass is 9.78. The molecule has 0 aliphatic heterocycles. The summed E-state index contributed by atoms with van der Waals surface area (Å²) in [5.74, 6) is 0.873. The van der Waals surface area contributed by atoms with Crippen molar-refractivity contribution in [2.75, 3.05) is 6.54 Å². The van der Waals surface area contributed by atoms with Gasteiger partial charge in [-0.3, -0.25) is 9.69 Å². The Kier molecular flexibility index (Phi) is 5.20. The third-order valence-electron chi connectivity index (χ3n) is 4.29. The molecule has 0 radical (unpaired) electrons. The number of carbonyl (C=O) groups is 1. The van der Waals surface area contributed by atoms with Crippen LogP contribution in [-0.2, 0) is 4.79 Å². The fourth-order valence-electron chi connectivity index (χ4n) is 3.14. The summed E-state index contributed by atoms with van der Waals surface area (Å²) in [6.45, 7) is 11.1. The van der Waals surface area contributed by atoms with Crippen LogP contribution in [0.5, 0.6) is 0 Å². The quantitative estimate of drug-likeness (QED) is 0.837. The van der Waals surface area contributed by atoms with Crippen molar-refractivity contribution < 1.29 is 9.90 Å². The molecule has 106 valence electrons. The molecule has 0 aromatic heterocycles. The highest BCUT2D eigenvalue weighted by molar-refractivity contribution is 5.69. The van der Waals surface area contributed by atoms with E-state index in [-0.39, 0.29) is 12.1 Å². The maximum Gasteiger partial charge on any atom is 0.317 e. The van der Waals surface area contributed by atoms with Crippen LogP contribution in [0.2, 0.25) is 0 Å². The molecule has 1 fully saturated rings. The first-order valence-corrected chi connectivity index (χ1v) is 7.20. The van der Waals surface area contributed by atoms with Gasteiger partial charge in [0.2, 0.25) is 0 Å². The van der Waals surface area contributed by atoms with Crippen molar-refractivity contribution in [1.29, 1.82) is 0 Å². The fourth-order valence-corrected chi connectivity index (χ4v) is 3.14. The molecule has 18 heavy (non-hydrogen) atoms. The van der Waals surface area contributed by atoms with E-state index in [0.717, 1.165) is 24.7 Å². The monoisotopic (exact) mass is 255 g/mol. The molecule has 0 amide bonds. The van der Waals surface area contributed by atoms with Gasteiger partial charge in [-0.15, -0.1) is 0 Å². The molecule has 0 spiro atoms. The molecule has 3 heteroatoms. The minimum absolute atomic E-state index is 0.0618. The first-order valence-electron chi connectivity index (χ1n) is 7.20. The predicted molar refractivity (Wildman–Crippen MR) is 74.7 cm³/mol. The molecule has 0 heterocycles. The normalized spacial score (nSPS) is 25.7. The van der Waals surface area contributed by atoms with Gasteiger partial charge in [-0.1, -0.05) is 13.8 Å². The first-order chi connectivity index (χ1) is 8.21. The van der Waals surface area contributed by atoms with Crippen LogP contribution >= 0.6 is 0 Å². The average Bonchev–Trinajstić information content (AvgIpc) is 2.24. The van der Waals surface area contributed by atoms with E-state index < -0.39 is 5.97 Å². The van der Waals surface area contributed by atoms with E-state index in [1.54, 1.807) is 0 Å². The molecule has 0 unspecified atom stereocenters. The summed E-state index contributed by atoms with van der Waals surface area (Å²) < 4.78 is 0. The van der Waals surface area contributed by atoms with Crippen molar-refractivity contribution in [2.45, 2.75) is 71.9 Å². The zero-order valence-electron chi connectivity index (χ0n) is 12.6. The van der Waals surface area contributed by atoms with Gasteiger partial charge in [0.15, 0.2) is 0 Å². The molecule has 1 aliphatic carbocycles. The Balaban J connectivity index is 2.63. The van der Waals surface area contributed by atoms with E-state index in [1.807, 2.05) is 0 Å². The Labute approximate surface area is 112 Å². The first kappa shape index (κ1) is 15.5. The highest BCUT2D eigenvalue weighted by atomic mass is 16.4. The lowest BCUT2D eigenvalue weighted by Crippen LogP contribution is -2.51. The van der Waals surface area contributed by atoms with Crippen molar-refractivity contribution in [3.63, 3.8) is 0 Å². The van der Waals surface area contributed by atoms with Gasteiger partial charge in [-0.2, -0.15) is 0 Å². The van der Waals surface area contributed by atoms with Crippen molar-refractivity contribution in [3.8, 4) is 0 Å². The topological polar surface area (TPSA) is 40.5 Å². The molecule has 1 aliphatic rings. The summed E-state index contributed by atoms with van der Waals surface area (Å²) in [6.07, 6.45) is 4.78. The van der Waals surface area contributed by atoms with Gasteiger partial charge in [-0.25, -0.2) is 0 Å². The molecule has 0 saturated heterocycles. The van der Waals surface area contributed by atoms with Crippen LogP contribution in [0, 0.1) is 11.8 Å². The van der Waals surface area contributed by atoms with Gasteiger partial charge in [0.1, 0.15) is 0 Å². The Morgan fingerprint density at radius 1 is 1.22 bits per heavy atom. The van der Waals surface area contributed by atoms with Gasteiger partial charge in [-0.05, 0) is 58.3 Å². The third kappa shape index (κ3) is 4.27. The second-order valence-electron chi connectivity index (χ2n) is 7.01. The Morgan fingerprint density at radius 2 is 1.72 bits per heavy atom. The van der Waals surface area contributed by atoms with Crippen LogP contribution < -0.4 is 0 Å². The molecule has 1 rings (SSSR count). The molecular formula is C15H29NO2. The van der Waals surface area contributed by atoms with Crippen LogP contribution in [0.25, 0.3) is 0 Å². The third-order valence-corrected chi connectivity index (χ3v) is 4.29. The number of carboxylic acids is 1. The smallest absolute Gasteiger partial charge is 0.317 e. The van der Waals surface area contributed by atoms with Gasteiger partial charge < -0.3 is 5.11 Å². The van der Waals surface area contributed by atoms with E-state index in [1.165, 1.54) is 12.8 Å². The number of hydrogen-bond donors (Lipinski definition) is 1. The minimum Gasteiger partial charge on any atom is -0.480 e. The summed E-state index contributed by atoms with van der Waals surface area (Å²) in [5.41, 5.74) is -0.0618. The van der Waals surface area contributed by atoms with Crippen LogP contribution in [0.4, 0.5) is 0 Å². The summed E-state index contributed by atoms with van der Waals surface area (Å²) in [7, 11) is 0. The average molecular weight is 255 g/mol. The summed E-state index contributed by atoms with van der Waals surface area (Å²) in [6, 6.07) is 0.441. The zero-order chi connectivity index (χ0) is 13.9. The van der Waals surface area contributed by atoms with Crippen LogP contribution in [0.1, 0.15) is 60.3 Å². The highest BCUT2D eigenvalue weighted by Crippen LogP contribution is 2.34. The molecule has 0 aromatic rings. The Bertz CT molecular complexity index is 273. The summed E-state index contributed by atoms with van der Waals surface area (Å²) in [4.78, 5) is 13.2. The van der Waals surface area contributed by atoms with Crippen LogP contribution in [0.15, 0.2) is 0 Å².